The summed E-state index contributed by atoms with van der Waals surface area (Å²) in [5.74, 6) is -1.34. The molecule has 15 atom stereocenters. The summed E-state index contributed by atoms with van der Waals surface area (Å²) in [6.45, 7) is -0.149. The minimum atomic E-state index is -1.86. The maximum absolute atomic E-state index is 12.1. The molecule has 11 N–H and O–H groups in total. The molecule has 0 spiro atoms. The summed E-state index contributed by atoms with van der Waals surface area (Å²) in [6.07, 6.45) is -21.3. The molecular weight excluding hydrogens is 548 g/mol. The van der Waals surface area contributed by atoms with E-state index in [0.29, 0.717) is 0 Å². The van der Waals surface area contributed by atoms with Gasteiger partial charge in [-0.1, -0.05) is 0 Å². The van der Waals surface area contributed by atoms with Crippen LogP contribution in [0.2, 0.25) is 0 Å². The number of hydrogen-bond donors (Lipinski definition) is 11. The minimum Gasteiger partial charge on any atom is -0.394 e. The minimum absolute atomic E-state index is 0.654. The Kier molecular flexibility index (Phi) is 11.5. The first kappa shape index (κ1) is 32.9. The highest BCUT2D eigenvalue weighted by atomic mass is 16.7. The van der Waals surface area contributed by atoms with Crippen molar-refractivity contribution in [2.24, 2.45) is 0 Å². The third-order valence-corrected chi connectivity index (χ3v) is 6.90. The maximum atomic E-state index is 12.1. The van der Waals surface area contributed by atoms with E-state index in [1.54, 1.807) is 0 Å². The lowest BCUT2D eigenvalue weighted by atomic mass is 9.94. The average Bonchev–Trinajstić information content (AvgIpc) is 2.90. The van der Waals surface area contributed by atoms with Gasteiger partial charge in [0.15, 0.2) is 18.9 Å². The number of rotatable bonds is 9. The zero-order valence-corrected chi connectivity index (χ0v) is 21.7. The Morgan fingerprint density at radius 3 is 1.60 bits per heavy atom. The summed E-state index contributed by atoms with van der Waals surface area (Å²) in [5, 5.41) is 96.2. The largest absolute Gasteiger partial charge is 0.394 e. The van der Waals surface area contributed by atoms with E-state index in [1.807, 2.05) is 0 Å². The standard InChI is InChI=1S/C22H38N2O16/c1-6(28)23-11-15(32)13(30)8(3-25)37-21(11)40-19-12(24-7(2)29)22(38-9(4-26)14(19)31)39-18-10(5-27)36-20(35)17(34)16(18)33/h8-22,25-27,30-35H,3-5H2,1-2H3,(H,23,28)(H,24,29)/t8-,9-,10-,11-,12-,13+,14-,15-,16-,17+,18-,19-,20?,21+,22+/m1/s1. The van der Waals surface area contributed by atoms with Crippen LogP contribution in [-0.2, 0) is 33.3 Å². The molecule has 0 aromatic heterocycles. The van der Waals surface area contributed by atoms with Gasteiger partial charge in [-0.2, -0.15) is 0 Å². The quantitative estimate of drug-likeness (QED) is 0.120. The Bertz CT molecular complexity index is 852. The van der Waals surface area contributed by atoms with Gasteiger partial charge in [0.25, 0.3) is 0 Å². The van der Waals surface area contributed by atoms with Gasteiger partial charge in [-0.05, 0) is 0 Å². The van der Waals surface area contributed by atoms with E-state index in [4.69, 9.17) is 23.7 Å². The van der Waals surface area contributed by atoms with Crippen LogP contribution >= 0.6 is 0 Å². The molecule has 0 saturated carbocycles. The molecule has 3 saturated heterocycles. The molecule has 3 aliphatic heterocycles. The molecular formula is C22H38N2O16. The van der Waals surface area contributed by atoms with Crippen molar-refractivity contribution in [2.45, 2.75) is 106 Å². The van der Waals surface area contributed by atoms with Crippen molar-refractivity contribution >= 4 is 11.8 Å². The smallest absolute Gasteiger partial charge is 0.217 e. The maximum Gasteiger partial charge on any atom is 0.217 e. The van der Waals surface area contributed by atoms with E-state index in [2.05, 4.69) is 10.6 Å². The highest BCUT2D eigenvalue weighted by Crippen LogP contribution is 2.32. The Morgan fingerprint density at radius 1 is 0.600 bits per heavy atom. The number of amides is 2. The van der Waals surface area contributed by atoms with E-state index < -0.39 is 124 Å². The van der Waals surface area contributed by atoms with Crippen molar-refractivity contribution in [2.75, 3.05) is 19.8 Å². The van der Waals surface area contributed by atoms with Gasteiger partial charge in [-0.15, -0.1) is 0 Å². The zero-order chi connectivity index (χ0) is 29.9. The number of aliphatic hydroxyl groups excluding tert-OH is 9. The Morgan fingerprint density at radius 2 is 1.07 bits per heavy atom. The highest BCUT2D eigenvalue weighted by Gasteiger charge is 2.54. The monoisotopic (exact) mass is 586 g/mol. The van der Waals surface area contributed by atoms with Gasteiger partial charge in [0.1, 0.15) is 73.1 Å². The van der Waals surface area contributed by atoms with Crippen LogP contribution in [0.4, 0.5) is 0 Å². The van der Waals surface area contributed by atoms with Crippen LogP contribution < -0.4 is 10.6 Å². The van der Waals surface area contributed by atoms with E-state index in [-0.39, 0.29) is 0 Å². The normalized spacial score (nSPS) is 46.0. The summed E-state index contributed by atoms with van der Waals surface area (Å²) in [5.41, 5.74) is 0. The van der Waals surface area contributed by atoms with Crippen molar-refractivity contribution < 1.29 is 79.2 Å². The second kappa shape index (κ2) is 14.0. The van der Waals surface area contributed by atoms with Crippen molar-refractivity contribution in [3.05, 3.63) is 0 Å². The van der Waals surface area contributed by atoms with Gasteiger partial charge >= 0.3 is 0 Å². The number of ether oxygens (including phenoxy) is 5. The van der Waals surface area contributed by atoms with Gasteiger partial charge in [-0.3, -0.25) is 9.59 Å². The first-order chi connectivity index (χ1) is 18.8. The molecule has 40 heavy (non-hydrogen) atoms. The van der Waals surface area contributed by atoms with Crippen LogP contribution in [0.15, 0.2) is 0 Å². The molecule has 0 aromatic rings. The predicted octanol–water partition coefficient (Wildman–Crippen LogP) is -7.29. The molecule has 3 rings (SSSR count). The summed E-state index contributed by atoms with van der Waals surface area (Å²) < 4.78 is 27.9. The highest BCUT2D eigenvalue weighted by molar-refractivity contribution is 5.73. The summed E-state index contributed by atoms with van der Waals surface area (Å²) in [6, 6.07) is -2.90. The third kappa shape index (κ3) is 7.05. The van der Waals surface area contributed by atoms with Crippen molar-refractivity contribution in [1.82, 2.24) is 10.6 Å². The molecule has 0 aromatic carbocycles. The molecule has 2 amide bonds. The van der Waals surface area contributed by atoms with Crippen molar-refractivity contribution in [3.63, 3.8) is 0 Å². The molecule has 18 heteroatoms. The zero-order valence-electron chi connectivity index (χ0n) is 21.7. The van der Waals surface area contributed by atoms with Crippen LogP contribution in [0.3, 0.4) is 0 Å². The Labute approximate surface area is 228 Å². The van der Waals surface area contributed by atoms with Gasteiger partial charge in [0.05, 0.1) is 19.8 Å². The fourth-order valence-corrected chi connectivity index (χ4v) is 4.87. The SMILES string of the molecule is CC(=O)N[C@H]1[C@H](O[C@H]2[C@H](O)[C@@H](CO)O[C@@H](O[C@H]3[C@H](O)[C@H](O)C(O)O[C@@H]3CO)[C@@H]2NC(C)=O)O[C@H](CO)[C@H](O)[C@@H]1O. The summed E-state index contributed by atoms with van der Waals surface area (Å²) >= 11 is 0. The molecule has 0 bridgehead atoms. The second-order valence-corrected chi connectivity index (χ2v) is 9.81. The molecule has 3 aliphatic rings. The van der Waals surface area contributed by atoms with Crippen LogP contribution in [-0.4, -0.2) is 170 Å². The molecule has 0 aliphatic carbocycles. The van der Waals surface area contributed by atoms with E-state index >= 15 is 0 Å². The Balaban J connectivity index is 1.95. The number of carbonyl (C=O) groups excluding carboxylic acids is 2. The number of aliphatic hydroxyl groups is 9. The van der Waals surface area contributed by atoms with Gasteiger partial charge < -0.3 is 80.3 Å². The van der Waals surface area contributed by atoms with Gasteiger partial charge in [0, 0.05) is 13.8 Å². The number of carbonyl (C=O) groups is 2. The van der Waals surface area contributed by atoms with Gasteiger partial charge in [0.2, 0.25) is 11.8 Å². The third-order valence-electron chi connectivity index (χ3n) is 6.90. The van der Waals surface area contributed by atoms with Crippen LogP contribution in [0.1, 0.15) is 13.8 Å². The number of hydrogen-bond acceptors (Lipinski definition) is 16. The fraction of sp³-hybridized carbons (Fsp3) is 0.909. The van der Waals surface area contributed by atoms with E-state index in [9.17, 15) is 55.5 Å². The summed E-state index contributed by atoms with van der Waals surface area (Å²) in [4.78, 5) is 23.9. The summed E-state index contributed by atoms with van der Waals surface area (Å²) in [7, 11) is 0. The van der Waals surface area contributed by atoms with Crippen LogP contribution in [0, 0.1) is 0 Å². The first-order valence-corrected chi connectivity index (χ1v) is 12.6. The molecule has 18 nitrogen and oxygen atoms in total. The Hall–Kier alpha value is -1.62. The topological polar surface area (TPSA) is 286 Å². The van der Waals surface area contributed by atoms with Crippen LogP contribution in [0.5, 0.6) is 0 Å². The van der Waals surface area contributed by atoms with Crippen molar-refractivity contribution in [3.8, 4) is 0 Å². The molecule has 0 radical (unpaired) electrons. The molecule has 1 unspecified atom stereocenters. The lowest BCUT2D eigenvalue weighted by molar-refractivity contribution is -0.356. The number of nitrogens with one attached hydrogen (secondary N) is 2. The van der Waals surface area contributed by atoms with Crippen LogP contribution in [0.25, 0.3) is 0 Å². The average molecular weight is 587 g/mol. The molecule has 3 fully saturated rings. The molecule has 232 valence electrons. The van der Waals surface area contributed by atoms with Gasteiger partial charge in [-0.25, -0.2) is 0 Å². The van der Waals surface area contributed by atoms with Crippen molar-refractivity contribution in [1.29, 1.82) is 0 Å². The lowest BCUT2D eigenvalue weighted by Crippen LogP contribution is -2.70. The molecule has 3 heterocycles. The second-order valence-electron chi connectivity index (χ2n) is 9.81. The van der Waals surface area contributed by atoms with E-state index in [0.717, 1.165) is 13.8 Å². The first-order valence-electron chi connectivity index (χ1n) is 12.6. The van der Waals surface area contributed by atoms with E-state index in [1.165, 1.54) is 0 Å². The fourth-order valence-electron chi connectivity index (χ4n) is 4.87. The predicted molar refractivity (Wildman–Crippen MR) is 124 cm³/mol. The lowest BCUT2D eigenvalue weighted by Gasteiger charge is -2.49.